The van der Waals surface area contributed by atoms with Gasteiger partial charge in [0.25, 0.3) is 5.91 Å². The zero-order valence-corrected chi connectivity index (χ0v) is 23.1. The third-order valence-corrected chi connectivity index (χ3v) is 9.39. The number of carbonyl (C=O) groups excluding carboxylic acids is 1. The van der Waals surface area contributed by atoms with E-state index in [-0.39, 0.29) is 17.6 Å². The quantitative estimate of drug-likeness (QED) is 0.334. The lowest BCUT2D eigenvalue weighted by Crippen LogP contribution is -2.51. The van der Waals surface area contributed by atoms with Crippen molar-refractivity contribution in [3.63, 3.8) is 0 Å². The van der Waals surface area contributed by atoms with Gasteiger partial charge in [0.1, 0.15) is 0 Å². The largest absolute Gasteiger partial charge is 0.465 e. The number of aromatic nitrogens is 1. The molecule has 2 amide bonds. The van der Waals surface area contributed by atoms with Crippen LogP contribution in [0.3, 0.4) is 0 Å². The van der Waals surface area contributed by atoms with Gasteiger partial charge >= 0.3 is 6.09 Å². The smallest absolute Gasteiger partial charge is 0.407 e. The number of carbonyl (C=O) groups is 2. The minimum Gasteiger partial charge on any atom is -0.465 e. The lowest BCUT2D eigenvalue weighted by atomic mass is 9.49. The van der Waals surface area contributed by atoms with Crippen LogP contribution in [0.2, 0.25) is 5.02 Å². The first-order chi connectivity index (χ1) is 18.4. The van der Waals surface area contributed by atoms with Gasteiger partial charge < -0.3 is 24.8 Å². The second kappa shape index (κ2) is 12.5. The Kier molecular flexibility index (Phi) is 9.11. The molecule has 1 aromatic rings. The van der Waals surface area contributed by atoms with Gasteiger partial charge in [-0.3, -0.25) is 9.78 Å². The first-order valence-electron chi connectivity index (χ1n) is 14.5. The fraction of sp³-hybridized carbons (Fsp3) is 0.759. The van der Waals surface area contributed by atoms with E-state index in [1.165, 1.54) is 49.6 Å². The summed E-state index contributed by atoms with van der Waals surface area (Å²) < 4.78 is 11.3. The molecule has 0 aromatic carbocycles. The molecule has 2 N–H and O–H groups in total. The zero-order chi connectivity index (χ0) is 26.5. The molecule has 1 aliphatic heterocycles. The van der Waals surface area contributed by atoms with Crippen LogP contribution in [0.1, 0.15) is 86.7 Å². The van der Waals surface area contributed by atoms with Crippen LogP contribution in [0.15, 0.2) is 12.3 Å². The average Bonchev–Trinajstić information content (AvgIpc) is 2.89. The molecule has 4 bridgehead atoms. The van der Waals surface area contributed by atoms with E-state index in [9.17, 15) is 14.7 Å². The Morgan fingerprint density at radius 1 is 1.13 bits per heavy atom. The van der Waals surface area contributed by atoms with Gasteiger partial charge in [-0.05, 0) is 106 Å². The Hall–Kier alpha value is -1.90. The molecule has 5 fully saturated rings. The minimum atomic E-state index is -0.937. The van der Waals surface area contributed by atoms with Crippen LogP contribution in [-0.4, -0.2) is 66.1 Å². The molecule has 1 atom stereocenters. The van der Waals surface area contributed by atoms with Crippen LogP contribution in [0.4, 0.5) is 4.79 Å². The molecule has 4 aliphatic carbocycles. The van der Waals surface area contributed by atoms with E-state index < -0.39 is 6.09 Å². The predicted octanol–water partition coefficient (Wildman–Crippen LogP) is 5.53. The summed E-state index contributed by atoms with van der Waals surface area (Å²) in [5.74, 6) is 2.40. The van der Waals surface area contributed by atoms with Gasteiger partial charge in [0, 0.05) is 38.1 Å². The summed E-state index contributed by atoms with van der Waals surface area (Å²) >= 11 is 6.37. The number of carboxylic acid groups (broad SMARTS) is 1. The van der Waals surface area contributed by atoms with Gasteiger partial charge in [-0.1, -0.05) is 11.6 Å². The Labute approximate surface area is 230 Å². The first kappa shape index (κ1) is 27.7. The van der Waals surface area contributed by atoms with Crippen molar-refractivity contribution in [2.45, 2.75) is 83.3 Å². The van der Waals surface area contributed by atoms with Gasteiger partial charge in [-0.25, -0.2) is 4.79 Å². The molecule has 9 heteroatoms. The van der Waals surface area contributed by atoms with E-state index in [1.54, 1.807) is 6.07 Å². The van der Waals surface area contributed by atoms with E-state index in [0.717, 1.165) is 55.9 Å². The Bertz CT molecular complexity index is 948. The molecule has 0 spiro atoms. The number of nitrogens with one attached hydrogen (secondary N) is 1. The van der Waals surface area contributed by atoms with Crippen molar-refractivity contribution in [3.05, 3.63) is 28.5 Å². The van der Waals surface area contributed by atoms with E-state index in [2.05, 4.69) is 10.3 Å². The fourth-order valence-electron chi connectivity index (χ4n) is 7.73. The van der Waals surface area contributed by atoms with E-state index >= 15 is 0 Å². The Morgan fingerprint density at radius 3 is 2.50 bits per heavy atom. The summed E-state index contributed by atoms with van der Waals surface area (Å²) in [6.07, 6.45) is 13.2. The summed E-state index contributed by atoms with van der Waals surface area (Å²) in [5, 5.41) is 13.2. The molecular formula is C29H42ClN3O5. The number of pyridine rings is 1. The zero-order valence-electron chi connectivity index (χ0n) is 22.3. The number of hydrogen-bond acceptors (Lipinski definition) is 5. The molecule has 2 heterocycles. The maximum atomic E-state index is 13.1. The van der Waals surface area contributed by atoms with E-state index in [1.807, 2.05) is 0 Å². The summed E-state index contributed by atoms with van der Waals surface area (Å²) in [4.78, 5) is 30.6. The lowest BCUT2D eigenvalue weighted by molar-refractivity contribution is -0.162. The highest BCUT2D eigenvalue weighted by Crippen LogP contribution is 2.59. The highest BCUT2D eigenvalue weighted by atomic mass is 35.5. The second-order valence-corrected chi connectivity index (χ2v) is 12.6. The molecule has 38 heavy (non-hydrogen) atoms. The summed E-state index contributed by atoms with van der Waals surface area (Å²) in [6.45, 7) is 2.75. The molecule has 8 nitrogen and oxygen atoms in total. The fourth-order valence-corrected chi connectivity index (χ4v) is 7.92. The van der Waals surface area contributed by atoms with Crippen molar-refractivity contribution in [2.24, 2.45) is 23.2 Å². The third kappa shape index (κ3) is 6.99. The molecule has 4 saturated carbocycles. The SMILES string of the molecule is O=C(NCC12CC3CC(CC(C3)C1)C2)c1cc(CCCN(CCCOC2CCCCO2)C(=O)O)ncc1Cl. The third-order valence-electron chi connectivity index (χ3n) is 9.09. The normalized spacial score (nSPS) is 29.8. The predicted molar refractivity (Wildman–Crippen MR) is 144 cm³/mol. The van der Waals surface area contributed by atoms with Crippen LogP contribution in [0.25, 0.3) is 0 Å². The van der Waals surface area contributed by atoms with Crippen molar-refractivity contribution in [1.29, 1.82) is 0 Å². The van der Waals surface area contributed by atoms with Gasteiger partial charge in [0.2, 0.25) is 0 Å². The number of halogens is 1. The standard InChI is InChI=1S/C29H42ClN3O5/c30-25-18-31-23(5-3-7-33(28(35)36)8-4-10-38-26-6-1-2-9-37-26)14-24(25)27(34)32-19-29-15-20-11-21(16-29)13-22(12-20)17-29/h14,18,20-22,26H,1-13,15-17,19H2,(H,32,34)(H,35,36). The van der Waals surface area contributed by atoms with Crippen LogP contribution in [0.5, 0.6) is 0 Å². The Morgan fingerprint density at radius 2 is 1.84 bits per heavy atom. The van der Waals surface area contributed by atoms with Gasteiger partial charge in [-0.2, -0.15) is 0 Å². The van der Waals surface area contributed by atoms with Gasteiger partial charge in [0.15, 0.2) is 6.29 Å². The topological polar surface area (TPSA) is 101 Å². The molecule has 1 aromatic heterocycles. The number of ether oxygens (including phenoxy) is 2. The van der Waals surface area contributed by atoms with Crippen molar-refractivity contribution >= 4 is 23.6 Å². The summed E-state index contributed by atoms with van der Waals surface area (Å²) in [7, 11) is 0. The molecule has 5 aliphatic rings. The van der Waals surface area contributed by atoms with Gasteiger partial charge in [0.05, 0.1) is 17.2 Å². The molecule has 6 rings (SSSR count). The van der Waals surface area contributed by atoms with Crippen LogP contribution < -0.4 is 5.32 Å². The number of rotatable bonds is 12. The molecule has 1 unspecified atom stereocenters. The van der Waals surface area contributed by atoms with E-state index in [0.29, 0.717) is 49.5 Å². The maximum absolute atomic E-state index is 13.1. The highest BCUT2D eigenvalue weighted by Gasteiger charge is 2.50. The number of hydrogen-bond donors (Lipinski definition) is 2. The van der Waals surface area contributed by atoms with Crippen LogP contribution in [0, 0.1) is 23.2 Å². The number of nitrogens with zero attached hydrogens (tertiary/aromatic N) is 2. The first-order valence-corrected chi connectivity index (χ1v) is 14.9. The summed E-state index contributed by atoms with van der Waals surface area (Å²) in [6, 6.07) is 1.76. The van der Waals surface area contributed by atoms with Crippen molar-refractivity contribution in [3.8, 4) is 0 Å². The summed E-state index contributed by atoms with van der Waals surface area (Å²) in [5.41, 5.74) is 1.47. The number of amides is 2. The van der Waals surface area contributed by atoms with Crippen molar-refractivity contribution in [2.75, 3.05) is 32.8 Å². The Balaban J connectivity index is 1.07. The number of aryl methyl sites for hydroxylation is 1. The highest BCUT2D eigenvalue weighted by molar-refractivity contribution is 6.33. The lowest BCUT2D eigenvalue weighted by Gasteiger charge is -2.56. The molecule has 0 radical (unpaired) electrons. The minimum absolute atomic E-state index is 0.136. The van der Waals surface area contributed by atoms with Gasteiger partial charge in [-0.15, -0.1) is 0 Å². The second-order valence-electron chi connectivity index (χ2n) is 12.1. The molecule has 210 valence electrons. The molecule has 1 saturated heterocycles. The average molecular weight is 548 g/mol. The maximum Gasteiger partial charge on any atom is 0.407 e. The monoisotopic (exact) mass is 547 g/mol. The van der Waals surface area contributed by atoms with Crippen molar-refractivity contribution in [1.82, 2.24) is 15.2 Å². The van der Waals surface area contributed by atoms with Crippen molar-refractivity contribution < 1.29 is 24.2 Å². The van der Waals surface area contributed by atoms with E-state index in [4.69, 9.17) is 21.1 Å². The molecular weight excluding hydrogens is 506 g/mol. The van der Waals surface area contributed by atoms with Crippen LogP contribution >= 0.6 is 11.6 Å². The van der Waals surface area contributed by atoms with Crippen LogP contribution in [-0.2, 0) is 15.9 Å².